The van der Waals surface area contributed by atoms with Gasteiger partial charge in [0.25, 0.3) is 0 Å². The van der Waals surface area contributed by atoms with Crippen LogP contribution in [0.3, 0.4) is 0 Å². The Morgan fingerprint density at radius 3 is 2.57 bits per heavy atom. The molecule has 0 saturated carbocycles. The number of H-pyrrole nitrogens is 1. The summed E-state index contributed by atoms with van der Waals surface area (Å²) in [5, 5.41) is 0. The first-order valence-corrected chi connectivity index (χ1v) is 5.16. The van der Waals surface area contributed by atoms with Gasteiger partial charge in [0.15, 0.2) is 0 Å². The maximum Gasteiger partial charge on any atom is 0.137 e. The van der Waals surface area contributed by atoms with Crippen LogP contribution in [-0.2, 0) is 5.75 Å². The molecule has 0 bridgehead atoms. The molecule has 1 aromatic heterocycles. The molecule has 0 aliphatic heterocycles. The van der Waals surface area contributed by atoms with Crippen LogP contribution >= 0.6 is 12.6 Å². The van der Waals surface area contributed by atoms with Gasteiger partial charge >= 0.3 is 0 Å². The summed E-state index contributed by atoms with van der Waals surface area (Å²) < 4.78 is 0. The van der Waals surface area contributed by atoms with Crippen molar-refractivity contribution in [1.82, 2.24) is 9.97 Å². The van der Waals surface area contributed by atoms with Crippen LogP contribution in [0.1, 0.15) is 11.4 Å². The molecule has 0 aliphatic carbocycles. The lowest BCUT2D eigenvalue weighted by atomic mass is 10.2. The zero-order chi connectivity index (χ0) is 9.97. The Morgan fingerprint density at radius 1 is 1.29 bits per heavy atom. The lowest BCUT2D eigenvalue weighted by Gasteiger charge is -1.93. The normalized spacial score (nSPS) is 10.4. The number of aryl methyl sites for hydroxylation is 1. The minimum Gasteiger partial charge on any atom is -0.342 e. The minimum atomic E-state index is 0.676. The predicted molar refractivity (Wildman–Crippen MR) is 61.5 cm³/mol. The van der Waals surface area contributed by atoms with Gasteiger partial charge in [0.1, 0.15) is 5.82 Å². The molecule has 72 valence electrons. The van der Waals surface area contributed by atoms with E-state index >= 15 is 0 Å². The Morgan fingerprint density at radius 2 is 2.00 bits per heavy atom. The van der Waals surface area contributed by atoms with Gasteiger partial charge in [-0.2, -0.15) is 12.6 Å². The molecular weight excluding hydrogens is 192 g/mol. The van der Waals surface area contributed by atoms with Gasteiger partial charge in [-0.25, -0.2) is 4.98 Å². The summed E-state index contributed by atoms with van der Waals surface area (Å²) in [5.74, 6) is 1.60. The van der Waals surface area contributed by atoms with E-state index < -0.39 is 0 Å². The number of nitrogens with one attached hydrogen (secondary N) is 1. The monoisotopic (exact) mass is 204 g/mol. The fourth-order valence-electron chi connectivity index (χ4n) is 1.38. The van der Waals surface area contributed by atoms with Gasteiger partial charge in [0.2, 0.25) is 0 Å². The second kappa shape index (κ2) is 3.88. The number of aromatic nitrogens is 2. The average molecular weight is 204 g/mol. The van der Waals surface area contributed by atoms with E-state index in [0.29, 0.717) is 5.75 Å². The van der Waals surface area contributed by atoms with Crippen molar-refractivity contribution >= 4 is 12.6 Å². The van der Waals surface area contributed by atoms with E-state index in [4.69, 9.17) is 0 Å². The number of aromatic amines is 1. The standard InChI is InChI=1S/C11H12N2S/c1-8-10(7-14)13-11(12-8)9-5-3-2-4-6-9/h2-6,14H,7H2,1H3,(H,12,13). The van der Waals surface area contributed by atoms with Crippen molar-refractivity contribution in [3.63, 3.8) is 0 Å². The molecule has 3 heteroatoms. The zero-order valence-corrected chi connectivity index (χ0v) is 8.88. The van der Waals surface area contributed by atoms with Crippen LogP contribution < -0.4 is 0 Å². The molecule has 0 unspecified atom stereocenters. The first kappa shape index (κ1) is 9.34. The van der Waals surface area contributed by atoms with Crippen molar-refractivity contribution < 1.29 is 0 Å². The quantitative estimate of drug-likeness (QED) is 0.723. The molecule has 0 spiro atoms. The molecule has 0 fully saturated rings. The van der Waals surface area contributed by atoms with E-state index in [1.165, 1.54) is 0 Å². The fourth-order valence-corrected chi connectivity index (χ4v) is 1.69. The summed E-state index contributed by atoms with van der Waals surface area (Å²) in [4.78, 5) is 7.72. The van der Waals surface area contributed by atoms with Gasteiger partial charge in [0, 0.05) is 17.0 Å². The highest BCUT2D eigenvalue weighted by atomic mass is 32.1. The molecule has 1 aromatic carbocycles. The van der Waals surface area contributed by atoms with Crippen LogP contribution in [0.5, 0.6) is 0 Å². The highest BCUT2D eigenvalue weighted by molar-refractivity contribution is 7.79. The van der Waals surface area contributed by atoms with Crippen molar-refractivity contribution in [2.45, 2.75) is 12.7 Å². The molecule has 0 aliphatic rings. The molecule has 1 heterocycles. The Bertz CT molecular complexity index is 420. The van der Waals surface area contributed by atoms with Gasteiger partial charge in [-0.3, -0.25) is 0 Å². The van der Waals surface area contributed by atoms with Crippen molar-refractivity contribution in [2.75, 3.05) is 0 Å². The van der Waals surface area contributed by atoms with Crippen molar-refractivity contribution in [2.24, 2.45) is 0 Å². The highest BCUT2D eigenvalue weighted by Gasteiger charge is 2.05. The lowest BCUT2D eigenvalue weighted by molar-refractivity contribution is 1.20. The number of hydrogen-bond acceptors (Lipinski definition) is 2. The molecule has 1 N–H and O–H groups in total. The average Bonchev–Trinajstić information content (AvgIpc) is 2.61. The molecular formula is C11H12N2S. The molecule has 2 rings (SSSR count). The van der Waals surface area contributed by atoms with E-state index in [1.807, 2.05) is 37.3 Å². The maximum absolute atomic E-state index is 4.47. The van der Waals surface area contributed by atoms with E-state index in [2.05, 4.69) is 22.6 Å². The molecule has 2 aromatic rings. The highest BCUT2D eigenvalue weighted by Crippen LogP contribution is 2.18. The van der Waals surface area contributed by atoms with Gasteiger partial charge < -0.3 is 4.98 Å². The summed E-state index contributed by atoms with van der Waals surface area (Å²) in [5.41, 5.74) is 3.23. The van der Waals surface area contributed by atoms with Crippen molar-refractivity contribution in [3.05, 3.63) is 41.7 Å². The Labute approximate surface area is 88.8 Å². The summed E-state index contributed by atoms with van der Waals surface area (Å²) >= 11 is 4.22. The van der Waals surface area contributed by atoms with Crippen molar-refractivity contribution in [1.29, 1.82) is 0 Å². The first-order valence-electron chi connectivity index (χ1n) is 4.53. The van der Waals surface area contributed by atoms with E-state index in [9.17, 15) is 0 Å². The molecule has 0 radical (unpaired) electrons. The fraction of sp³-hybridized carbons (Fsp3) is 0.182. The second-order valence-corrected chi connectivity index (χ2v) is 3.50. The minimum absolute atomic E-state index is 0.676. The molecule has 2 nitrogen and oxygen atoms in total. The third-order valence-corrected chi connectivity index (χ3v) is 2.48. The Kier molecular flexibility index (Phi) is 2.59. The SMILES string of the molecule is Cc1[nH]c(-c2ccccc2)nc1CS. The van der Waals surface area contributed by atoms with Crippen LogP contribution in [0.25, 0.3) is 11.4 Å². The van der Waals surface area contributed by atoms with Crippen LogP contribution in [-0.4, -0.2) is 9.97 Å². The Hall–Kier alpha value is -1.22. The summed E-state index contributed by atoms with van der Waals surface area (Å²) in [6.45, 7) is 2.02. The number of hydrogen-bond donors (Lipinski definition) is 2. The van der Waals surface area contributed by atoms with Gasteiger partial charge in [-0.05, 0) is 6.92 Å². The number of imidazole rings is 1. The van der Waals surface area contributed by atoms with Crippen LogP contribution in [0.4, 0.5) is 0 Å². The number of nitrogens with zero attached hydrogens (tertiary/aromatic N) is 1. The van der Waals surface area contributed by atoms with E-state index in [-0.39, 0.29) is 0 Å². The molecule has 0 amide bonds. The van der Waals surface area contributed by atoms with Gasteiger partial charge in [0.05, 0.1) is 5.69 Å². The zero-order valence-electron chi connectivity index (χ0n) is 7.99. The van der Waals surface area contributed by atoms with Crippen LogP contribution in [0, 0.1) is 6.92 Å². The van der Waals surface area contributed by atoms with Gasteiger partial charge in [-0.15, -0.1) is 0 Å². The van der Waals surface area contributed by atoms with Crippen molar-refractivity contribution in [3.8, 4) is 11.4 Å². The van der Waals surface area contributed by atoms with Gasteiger partial charge in [-0.1, -0.05) is 30.3 Å². The topological polar surface area (TPSA) is 28.7 Å². The Balaban J connectivity index is 2.43. The number of thiol groups is 1. The summed E-state index contributed by atoms with van der Waals surface area (Å²) in [6, 6.07) is 10.1. The number of benzene rings is 1. The smallest absolute Gasteiger partial charge is 0.137 e. The number of rotatable bonds is 2. The van der Waals surface area contributed by atoms with Crippen LogP contribution in [0.15, 0.2) is 30.3 Å². The molecule has 0 saturated heterocycles. The summed E-state index contributed by atoms with van der Waals surface area (Å²) in [7, 11) is 0. The van der Waals surface area contributed by atoms with E-state index in [1.54, 1.807) is 0 Å². The molecule has 14 heavy (non-hydrogen) atoms. The summed E-state index contributed by atoms with van der Waals surface area (Å²) in [6.07, 6.45) is 0. The van der Waals surface area contributed by atoms with Crippen LogP contribution in [0.2, 0.25) is 0 Å². The third kappa shape index (κ3) is 1.68. The predicted octanol–water partition coefficient (Wildman–Crippen LogP) is 2.81. The largest absolute Gasteiger partial charge is 0.342 e. The van der Waals surface area contributed by atoms with E-state index in [0.717, 1.165) is 22.8 Å². The lowest BCUT2D eigenvalue weighted by Crippen LogP contribution is -1.80. The molecule has 0 atom stereocenters. The maximum atomic E-state index is 4.47. The second-order valence-electron chi connectivity index (χ2n) is 3.18. The third-order valence-electron chi connectivity index (χ3n) is 2.18. The first-order chi connectivity index (χ1) is 6.81.